The van der Waals surface area contributed by atoms with Crippen LogP contribution in [0.3, 0.4) is 0 Å². The minimum atomic E-state index is -0.296. The van der Waals surface area contributed by atoms with Gasteiger partial charge in [-0.3, -0.25) is 9.59 Å². The zero-order chi connectivity index (χ0) is 17.9. The maximum atomic E-state index is 12.4. The Kier molecular flexibility index (Phi) is 5.86. The van der Waals surface area contributed by atoms with Gasteiger partial charge in [-0.2, -0.15) is 0 Å². The van der Waals surface area contributed by atoms with Gasteiger partial charge in [-0.15, -0.1) is 0 Å². The molecule has 0 fully saturated rings. The van der Waals surface area contributed by atoms with Gasteiger partial charge in [-0.25, -0.2) is 0 Å². The standard InChI is InChI=1S/C18H18Cl2N2O2/c1-11-9-14(19)7-8-16(11)21-18(24)10-22(13(3)23)17-6-4-5-15(20)12(17)2/h4-9H,10H2,1-3H3,(H,21,24). The highest BCUT2D eigenvalue weighted by molar-refractivity contribution is 6.32. The van der Waals surface area contributed by atoms with Gasteiger partial charge >= 0.3 is 0 Å². The van der Waals surface area contributed by atoms with E-state index in [1.165, 1.54) is 11.8 Å². The molecule has 0 aliphatic heterocycles. The molecule has 0 spiro atoms. The zero-order valence-corrected chi connectivity index (χ0v) is 15.2. The SMILES string of the molecule is CC(=O)N(CC(=O)Nc1ccc(Cl)cc1C)c1cccc(Cl)c1C. The smallest absolute Gasteiger partial charge is 0.244 e. The third-order valence-electron chi connectivity index (χ3n) is 3.67. The summed E-state index contributed by atoms with van der Waals surface area (Å²) >= 11 is 12.0. The number of anilines is 2. The first-order valence-electron chi connectivity index (χ1n) is 7.39. The maximum absolute atomic E-state index is 12.4. The van der Waals surface area contributed by atoms with Crippen molar-refractivity contribution in [3.63, 3.8) is 0 Å². The lowest BCUT2D eigenvalue weighted by Crippen LogP contribution is -2.37. The summed E-state index contributed by atoms with van der Waals surface area (Å²) in [5.74, 6) is -0.529. The summed E-state index contributed by atoms with van der Waals surface area (Å²) in [4.78, 5) is 25.8. The van der Waals surface area contributed by atoms with E-state index in [0.29, 0.717) is 21.4 Å². The second kappa shape index (κ2) is 7.69. The van der Waals surface area contributed by atoms with Crippen LogP contribution in [-0.2, 0) is 9.59 Å². The van der Waals surface area contributed by atoms with Crippen molar-refractivity contribution in [1.82, 2.24) is 0 Å². The summed E-state index contributed by atoms with van der Waals surface area (Å²) in [6, 6.07) is 10.5. The van der Waals surface area contributed by atoms with Crippen LogP contribution in [0.5, 0.6) is 0 Å². The largest absolute Gasteiger partial charge is 0.324 e. The highest BCUT2D eigenvalue weighted by Crippen LogP contribution is 2.27. The summed E-state index contributed by atoms with van der Waals surface area (Å²) < 4.78 is 0. The van der Waals surface area contributed by atoms with Crippen LogP contribution in [0.1, 0.15) is 18.1 Å². The van der Waals surface area contributed by atoms with Gasteiger partial charge in [0.1, 0.15) is 6.54 Å². The van der Waals surface area contributed by atoms with Crippen LogP contribution in [0.4, 0.5) is 11.4 Å². The minimum Gasteiger partial charge on any atom is -0.324 e. The van der Waals surface area contributed by atoms with E-state index in [9.17, 15) is 9.59 Å². The lowest BCUT2D eigenvalue weighted by molar-refractivity contribution is -0.120. The van der Waals surface area contributed by atoms with E-state index in [2.05, 4.69) is 5.32 Å². The molecular formula is C18H18Cl2N2O2. The summed E-state index contributed by atoms with van der Waals surface area (Å²) in [5.41, 5.74) is 2.89. The van der Waals surface area contributed by atoms with Gasteiger partial charge in [0, 0.05) is 28.3 Å². The van der Waals surface area contributed by atoms with E-state index < -0.39 is 0 Å². The van der Waals surface area contributed by atoms with Crippen LogP contribution in [0.25, 0.3) is 0 Å². The van der Waals surface area contributed by atoms with Crippen LogP contribution < -0.4 is 10.2 Å². The van der Waals surface area contributed by atoms with E-state index in [1.807, 2.05) is 13.8 Å². The van der Waals surface area contributed by atoms with Crippen molar-refractivity contribution in [3.8, 4) is 0 Å². The number of carbonyl (C=O) groups is 2. The Hall–Kier alpha value is -2.04. The predicted octanol–water partition coefficient (Wildman–Crippen LogP) is 4.60. The average molecular weight is 365 g/mol. The molecule has 0 radical (unpaired) electrons. The van der Waals surface area contributed by atoms with Crippen molar-refractivity contribution in [2.24, 2.45) is 0 Å². The number of halogens is 2. The molecule has 24 heavy (non-hydrogen) atoms. The first-order valence-corrected chi connectivity index (χ1v) is 8.14. The van der Waals surface area contributed by atoms with Crippen molar-refractivity contribution >= 4 is 46.4 Å². The lowest BCUT2D eigenvalue weighted by atomic mass is 10.1. The fraction of sp³-hybridized carbons (Fsp3) is 0.222. The molecule has 0 heterocycles. The normalized spacial score (nSPS) is 10.4. The van der Waals surface area contributed by atoms with Crippen LogP contribution in [0.2, 0.25) is 10.0 Å². The van der Waals surface area contributed by atoms with Gasteiger partial charge in [-0.1, -0.05) is 29.3 Å². The van der Waals surface area contributed by atoms with E-state index in [4.69, 9.17) is 23.2 Å². The molecule has 2 aromatic carbocycles. The first kappa shape index (κ1) is 18.3. The second-order valence-corrected chi connectivity index (χ2v) is 6.34. The lowest BCUT2D eigenvalue weighted by Gasteiger charge is -2.23. The molecule has 1 N–H and O–H groups in total. The Morgan fingerprint density at radius 2 is 1.83 bits per heavy atom. The Balaban J connectivity index is 2.20. The molecule has 0 bridgehead atoms. The molecule has 0 atom stereocenters. The van der Waals surface area contributed by atoms with Crippen LogP contribution >= 0.6 is 23.2 Å². The van der Waals surface area contributed by atoms with E-state index in [-0.39, 0.29) is 18.4 Å². The highest BCUT2D eigenvalue weighted by atomic mass is 35.5. The van der Waals surface area contributed by atoms with Gasteiger partial charge in [0.2, 0.25) is 11.8 Å². The number of nitrogens with one attached hydrogen (secondary N) is 1. The third-order valence-corrected chi connectivity index (χ3v) is 4.32. The number of benzene rings is 2. The van der Waals surface area contributed by atoms with Crippen LogP contribution in [-0.4, -0.2) is 18.4 Å². The van der Waals surface area contributed by atoms with Crippen molar-refractivity contribution in [2.45, 2.75) is 20.8 Å². The van der Waals surface area contributed by atoms with E-state index in [1.54, 1.807) is 36.4 Å². The summed E-state index contributed by atoms with van der Waals surface area (Å²) in [5, 5.41) is 3.95. The summed E-state index contributed by atoms with van der Waals surface area (Å²) in [7, 11) is 0. The number of nitrogens with zero attached hydrogens (tertiary/aromatic N) is 1. The van der Waals surface area contributed by atoms with Crippen LogP contribution in [0, 0.1) is 13.8 Å². The molecule has 4 nitrogen and oxygen atoms in total. The quantitative estimate of drug-likeness (QED) is 0.861. The molecule has 0 saturated carbocycles. The fourth-order valence-corrected chi connectivity index (χ4v) is 2.75. The van der Waals surface area contributed by atoms with Crippen molar-refractivity contribution < 1.29 is 9.59 Å². The van der Waals surface area contributed by atoms with Gasteiger partial charge in [-0.05, 0) is 55.3 Å². The predicted molar refractivity (Wildman–Crippen MR) is 99.0 cm³/mol. The topological polar surface area (TPSA) is 49.4 Å². The monoisotopic (exact) mass is 364 g/mol. The number of carbonyl (C=O) groups excluding carboxylic acids is 2. The van der Waals surface area contributed by atoms with E-state index in [0.717, 1.165) is 11.1 Å². The molecular weight excluding hydrogens is 347 g/mol. The average Bonchev–Trinajstić information content (AvgIpc) is 2.50. The maximum Gasteiger partial charge on any atom is 0.244 e. The molecule has 0 saturated heterocycles. The molecule has 0 aliphatic rings. The van der Waals surface area contributed by atoms with Crippen molar-refractivity contribution in [3.05, 3.63) is 57.6 Å². The van der Waals surface area contributed by atoms with Crippen molar-refractivity contribution in [2.75, 3.05) is 16.8 Å². The Morgan fingerprint density at radius 1 is 1.12 bits per heavy atom. The zero-order valence-electron chi connectivity index (χ0n) is 13.7. The number of hydrogen-bond acceptors (Lipinski definition) is 2. The van der Waals surface area contributed by atoms with Gasteiger partial charge in [0.15, 0.2) is 0 Å². The molecule has 2 rings (SSSR count). The van der Waals surface area contributed by atoms with Crippen molar-refractivity contribution in [1.29, 1.82) is 0 Å². The molecule has 6 heteroatoms. The second-order valence-electron chi connectivity index (χ2n) is 5.50. The van der Waals surface area contributed by atoms with Gasteiger partial charge < -0.3 is 10.2 Å². The molecule has 2 aromatic rings. The molecule has 0 aliphatic carbocycles. The number of aryl methyl sites for hydroxylation is 1. The van der Waals surface area contributed by atoms with Gasteiger partial charge in [0.25, 0.3) is 0 Å². The summed E-state index contributed by atoms with van der Waals surface area (Å²) in [6.45, 7) is 4.99. The number of rotatable bonds is 4. The summed E-state index contributed by atoms with van der Waals surface area (Å²) in [6.07, 6.45) is 0. The number of hydrogen-bond donors (Lipinski definition) is 1. The third kappa shape index (κ3) is 4.28. The Bertz CT molecular complexity index is 791. The minimum absolute atomic E-state index is 0.0986. The Morgan fingerprint density at radius 3 is 2.46 bits per heavy atom. The van der Waals surface area contributed by atoms with Crippen LogP contribution in [0.15, 0.2) is 36.4 Å². The van der Waals surface area contributed by atoms with E-state index >= 15 is 0 Å². The fourth-order valence-electron chi connectivity index (χ4n) is 2.36. The van der Waals surface area contributed by atoms with Gasteiger partial charge in [0.05, 0.1) is 0 Å². The molecule has 2 amide bonds. The number of amides is 2. The molecule has 0 unspecified atom stereocenters. The Labute approximate surface area is 151 Å². The first-order chi connectivity index (χ1) is 11.3. The molecule has 126 valence electrons. The highest BCUT2D eigenvalue weighted by Gasteiger charge is 2.19. The molecule has 0 aromatic heterocycles.